The van der Waals surface area contributed by atoms with E-state index in [9.17, 15) is 4.79 Å². The van der Waals surface area contributed by atoms with Gasteiger partial charge in [0.2, 0.25) is 0 Å². The van der Waals surface area contributed by atoms with Crippen LogP contribution in [-0.2, 0) is 0 Å². The summed E-state index contributed by atoms with van der Waals surface area (Å²) in [4.78, 5) is 20.0. The molecule has 0 aliphatic carbocycles. The zero-order chi connectivity index (χ0) is 17.0. The molecule has 0 atom stereocenters. The number of nitrogen functional groups attached to an aromatic ring is 1. The summed E-state index contributed by atoms with van der Waals surface area (Å²) in [5, 5.41) is 0.432. The standard InChI is InChI=1S/C18H25N3OS/c1-12(2)10-21(11-13(3)4)17(22)16-15(20-18(19)23-16)14-8-6-5-7-9-14/h5-9,12-13H,10-11H2,1-4H3,(H2,19,20). The monoisotopic (exact) mass is 331 g/mol. The number of amides is 1. The van der Waals surface area contributed by atoms with Crippen LogP contribution in [0.2, 0.25) is 0 Å². The van der Waals surface area contributed by atoms with Crippen LogP contribution in [0.25, 0.3) is 11.3 Å². The number of hydrogen-bond acceptors (Lipinski definition) is 4. The third kappa shape index (κ3) is 4.55. The van der Waals surface area contributed by atoms with Crippen molar-refractivity contribution < 1.29 is 4.79 Å². The molecule has 0 saturated heterocycles. The van der Waals surface area contributed by atoms with Gasteiger partial charge >= 0.3 is 0 Å². The van der Waals surface area contributed by atoms with Crippen LogP contribution in [0.1, 0.15) is 37.4 Å². The summed E-state index contributed by atoms with van der Waals surface area (Å²) in [6.07, 6.45) is 0. The molecule has 5 heteroatoms. The summed E-state index contributed by atoms with van der Waals surface area (Å²) >= 11 is 1.28. The van der Waals surface area contributed by atoms with Gasteiger partial charge < -0.3 is 10.6 Å². The van der Waals surface area contributed by atoms with E-state index in [1.165, 1.54) is 11.3 Å². The second kappa shape index (κ2) is 7.59. The minimum atomic E-state index is 0.0282. The summed E-state index contributed by atoms with van der Waals surface area (Å²) in [6, 6.07) is 9.75. The molecule has 2 aromatic rings. The third-order valence-electron chi connectivity index (χ3n) is 3.34. The minimum Gasteiger partial charge on any atom is -0.375 e. The van der Waals surface area contributed by atoms with E-state index in [4.69, 9.17) is 5.73 Å². The molecule has 0 saturated carbocycles. The highest BCUT2D eigenvalue weighted by molar-refractivity contribution is 7.17. The van der Waals surface area contributed by atoms with Crippen LogP contribution >= 0.6 is 11.3 Å². The van der Waals surface area contributed by atoms with Crippen molar-refractivity contribution in [1.29, 1.82) is 0 Å². The quantitative estimate of drug-likeness (QED) is 0.865. The van der Waals surface area contributed by atoms with Crippen molar-refractivity contribution >= 4 is 22.4 Å². The van der Waals surface area contributed by atoms with E-state index in [2.05, 4.69) is 32.7 Å². The number of aromatic nitrogens is 1. The average molecular weight is 331 g/mol. The molecule has 2 rings (SSSR count). The fourth-order valence-electron chi connectivity index (χ4n) is 2.54. The van der Waals surface area contributed by atoms with E-state index in [1.807, 2.05) is 35.2 Å². The van der Waals surface area contributed by atoms with Crippen molar-refractivity contribution in [2.24, 2.45) is 11.8 Å². The predicted octanol–water partition coefficient (Wildman–Crippen LogP) is 4.15. The van der Waals surface area contributed by atoms with Gasteiger partial charge in [-0.3, -0.25) is 4.79 Å². The van der Waals surface area contributed by atoms with Gasteiger partial charge in [0.1, 0.15) is 4.88 Å². The number of hydrogen-bond donors (Lipinski definition) is 1. The molecule has 23 heavy (non-hydrogen) atoms. The van der Waals surface area contributed by atoms with Crippen LogP contribution in [0.15, 0.2) is 30.3 Å². The maximum absolute atomic E-state index is 13.1. The van der Waals surface area contributed by atoms with Crippen molar-refractivity contribution in [2.45, 2.75) is 27.7 Å². The van der Waals surface area contributed by atoms with Crippen LogP contribution in [0.3, 0.4) is 0 Å². The van der Waals surface area contributed by atoms with Crippen molar-refractivity contribution in [3.8, 4) is 11.3 Å². The van der Waals surface area contributed by atoms with Gasteiger partial charge in [-0.05, 0) is 11.8 Å². The summed E-state index contributed by atoms with van der Waals surface area (Å²) in [5.74, 6) is 0.867. The molecule has 1 heterocycles. The molecule has 1 aromatic carbocycles. The topological polar surface area (TPSA) is 59.2 Å². The molecule has 0 aliphatic rings. The summed E-state index contributed by atoms with van der Waals surface area (Å²) < 4.78 is 0. The third-order valence-corrected chi connectivity index (χ3v) is 4.22. The molecule has 0 aliphatic heterocycles. The Morgan fingerprint density at radius 1 is 1.13 bits per heavy atom. The molecule has 0 radical (unpaired) electrons. The van der Waals surface area contributed by atoms with Gasteiger partial charge in [-0.2, -0.15) is 0 Å². The van der Waals surface area contributed by atoms with Gasteiger partial charge in [0, 0.05) is 18.7 Å². The van der Waals surface area contributed by atoms with Crippen molar-refractivity contribution in [1.82, 2.24) is 9.88 Å². The van der Waals surface area contributed by atoms with Gasteiger partial charge in [0.15, 0.2) is 5.13 Å². The summed E-state index contributed by atoms with van der Waals surface area (Å²) in [6.45, 7) is 9.98. The van der Waals surface area contributed by atoms with E-state index in [1.54, 1.807) is 0 Å². The molecule has 0 spiro atoms. The molecule has 124 valence electrons. The largest absolute Gasteiger partial charge is 0.375 e. The Kier molecular flexibility index (Phi) is 5.77. The molecule has 1 aromatic heterocycles. The molecule has 1 amide bonds. The molecule has 4 nitrogen and oxygen atoms in total. The van der Waals surface area contributed by atoms with E-state index in [0.29, 0.717) is 27.5 Å². The van der Waals surface area contributed by atoms with Crippen LogP contribution < -0.4 is 5.73 Å². The Morgan fingerprint density at radius 2 is 1.70 bits per heavy atom. The number of carbonyl (C=O) groups is 1. The zero-order valence-electron chi connectivity index (χ0n) is 14.2. The maximum Gasteiger partial charge on any atom is 0.266 e. The first kappa shape index (κ1) is 17.5. The normalized spacial score (nSPS) is 11.2. The maximum atomic E-state index is 13.1. The Labute approximate surface area is 142 Å². The number of anilines is 1. The fourth-order valence-corrected chi connectivity index (χ4v) is 3.36. The Balaban J connectivity index is 2.37. The number of carbonyl (C=O) groups excluding carboxylic acids is 1. The lowest BCUT2D eigenvalue weighted by Gasteiger charge is -2.26. The fraction of sp³-hybridized carbons (Fsp3) is 0.444. The molecule has 0 unspecified atom stereocenters. The van der Waals surface area contributed by atoms with Crippen LogP contribution in [-0.4, -0.2) is 28.9 Å². The van der Waals surface area contributed by atoms with E-state index >= 15 is 0 Å². The summed E-state index contributed by atoms with van der Waals surface area (Å²) in [7, 11) is 0. The zero-order valence-corrected chi connectivity index (χ0v) is 15.1. The van der Waals surface area contributed by atoms with E-state index < -0.39 is 0 Å². The second-order valence-electron chi connectivity index (χ2n) is 6.59. The highest BCUT2D eigenvalue weighted by Crippen LogP contribution is 2.31. The second-order valence-corrected chi connectivity index (χ2v) is 7.62. The van der Waals surface area contributed by atoms with Gasteiger partial charge in [0.05, 0.1) is 5.69 Å². The highest BCUT2D eigenvalue weighted by atomic mass is 32.1. The average Bonchev–Trinajstić information content (AvgIpc) is 2.87. The molecular formula is C18H25N3OS. The lowest BCUT2D eigenvalue weighted by atomic mass is 10.1. The lowest BCUT2D eigenvalue weighted by Crippen LogP contribution is -2.36. The summed E-state index contributed by atoms with van der Waals surface area (Å²) in [5.41, 5.74) is 7.51. The predicted molar refractivity (Wildman–Crippen MR) is 97.5 cm³/mol. The van der Waals surface area contributed by atoms with Gasteiger partial charge in [0.25, 0.3) is 5.91 Å². The Hall–Kier alpha value is -1.88. The molecular weight excluding hydrogens is 306 g/mol. The first-order valence-corrected chi connectivity index (χ1v) is 8.81. The van der Waals surface area contributed by atoms with E-state index in [-0.39, 0.29) is 5.91 Å². The van der Waals surface area contributed by atoms with Gasteiger partial charge in [-0.25, -0.2) is 4.98 Å². The number of benzene rings is 1. The first-order valence-electron chi connectivity index (χ1n) is 7.99. The highest BCUT2D eigenvalue weighted by Gasteiger charge is 2.24. The Bertz CT molecular complexity index is 640. The van der Waals surface area contributed by atoms with Crippen molar-refractivity contribution in [2.75, 3.05) is 18.8 Å². The van der Waals surface area contributed by atoms with Crippen molar-refractivity contribution in [3.63, 3.8) is 0 Å². The number of rotatable bonds is 6. The molecule has 2 N–H and O–H groups in total. The molecule has 0 fully saturated rings. The Morgan fingerprint density at radius 3 is 2.22 bits per heavy atom. The SMILES string of the molecule is CC(C)CN(CC(C)C)C(=O)c1sc(N)nc1-c1ccccc1. The lowest BCUT2D eigenvalue weighted by molar-refractivity contribution is 0.0720. The number of nitrogens with two attached hydrogens (primary N) is 1. The van der Waals surface area contributed by atoms with Crippen molar-refractivity contribution in [3.05, 3.63) is 35.2 Å². The van der Waals surface area contributed by atoms with Gasteiger partial charge in [-0.1, -0.05) is 69.4 Å². The van der Waals surface area contributed by atoms with Gasteiger partial charge in [-0.15, -0.1) is 0 Å². The smallest absolute Gasteiger partial charge is 0.266 e. The first-order chi connectivity index (χ1) is 10.9. The van der Waals surface area contributed by atoms with Crippen LogP contribution in [0.5, 0.6) is 0 Å². The number of nitrogens with zero attached hydrogens (tertiary/aromatic N) is 2. The van der Waals surface area contributed by atoms with Crippen LogP contribution in [0.4, 0.5) is 5.13 Å². The van der Waals surface area contributed by atoms with E-state index in [0.717, 1.165) is 18.7 Å². The number of thiazole rings is 1. The molecule has 0 bridgehead atoms. The minimum absolute atomic E-state index is 0.0282. The van der Waals surface area contributed by atoms with Crippen LogP contribution in [0, 0.1) is 11.8 Å².